The highest BCUT2D eigenvalue weighted by Crippen LogP contribution is 1.94. The van der Waals surface area contributed by atoms with Gasteiger partial charge in [-0.25, -0.2) is 15.0 Å². The van der Waals surface area contributed by atoms with Gasteiger partial charge in [0.2, 0.25) is 0 Å². The molecule has 15 heavy (non-hydrogen) atoms. The summed E-state index contributed by atoms with van der Waals surface area (Å²) in [5.74, 6) is -1.49. The summed E-state index contributed by atoms with van der Waals surface area (Å²) in [6.07, 6.45) is 1.02. The van der Waals surface area contributed by atoms with Gasteiger partial charge in [0.05, 0.1) is 0 Å². The van der Waals surface area contributed by atoms with E-state index < -0.39 is 27.4 Å². The number of carbonyl (C=O) groups excluding carboxylic acids is 1. The average Bonchev–Trinajstić information content (AvgIpc) is 2.00. The molecule has 0 saturated heterocycles. The fraction of sp³-hybridized carbons (Fsp3) is 0.500. The molecule has 2 amide bonds. The van der Waals surface area contributed by atoms with Gasteiger partial charge in [0.15, 0.2) is 0 Å². The summed E-state index contributed by atoms with van der Waals surface area (Å²) in [7, 11) is -2.78. The molecular formula is C6H12N4O4S. The number of carboxylic acids is 1. The molecule has 0 aromatic carbocycles. The van der Waals surface area contributed by atoms with Gasteiger partial charge in [0, 0.05) is 28.2 Å². The third-order valence-electron chi connectivity index (χ3n) is 1.28. The number of hydrogen-bond acceptors (Lipinski definition) is 5. The van der Waals surface area contributed by atoms with Crippen molar-refractivity contribution in [2.75, 3.05) is 12.0 Å². The number of hydrazone groups is 1. The van der Waals surface area contributed by atoms with E-state index >= 15 is 0 Å². The SMILES string of the molecule is CS(=N)(=O)CCC(=NNC(N)=O)C(=O)O. The van der Waals surface area contributed by atoms with Crippen molar-refractivity contribution >= 4 is 27.4 Å². The fourth-order valence-corrected chi connectivity index (χ4v) is 1.21. The van der Waals surface area contributed by atoms with Gasteiger partial charge in [-0.1, -0.05) is 0 Å². The van der Waals surface area contributed by atoms with Gasteiger partial charge in [0.1, 0.15) is 5.71 Å². The Kier molecular flexibility index (Phi) is 4.71. The average molecular weight is 236 g/mol. The topological polar surface area (TPSA) is 146 Å². The Bertz CT molecular complexity index is 386. The predicted molar refractivity (Wildman–Crippen MR) is 54.1 cm³/mol. The maximum atomic E-state index is 11.0. The number of primary amides is 1. The highest BCUT2D eigenvalue weighted by Gasteiger charge is 2.12. The van der Waals surface area contributed by atoms with Crippen LogP contribution in [0.25, 0.3) is 0 Å². The van der Waals surface area contributed by atoms with Crippen LogP contribution in [-0.2, 0) is 14.5 Å². The van der Waals surface area contributed by atoms with Gasteiger partial charge in [-0.2, -0.15) is 5.10 Å². The molecule has 9 heteroatoms. The Morgan fingerprint density at radius 1 is 1.60 bits per heavy atom. The van der Waals surface area contributed by atoms with Crippen molar-refractivity contribution in [2.24, 2.45) is 10.8 Å². The Balaban J connectivity index is 4.49. The highest BCUT2D eigenvalue weighted by atomic mass is 32.2. The molecule has 1 unspecified atom stereocenters. The minimum Gasteiger partial charge on any atom is -0.477 e. The molecule has 0 saturated carbocycles. The lowest BCUT2D eigenvalue weighted by atomic mass is 10.3. The van der Waals surface area contributed by atoms with Gasteiger partial charge >= 0.3 is 12.0 Å². The van der Waals surface area contributed by atoms with E-state index in [0.717, 1.165) is 0 Å². The Morgan fingerprint density at radius 2 is 2.13 bits per heavy atom. The monoisotopic (exact) mass is 236 g/mol. The number of amides is 2. The second kappa shape index (κ2) is 5.29. The van der Waals surface area contributed by atoms with Crippen molar-refractivity contribution in [3.8, 4) is 0 Å². The third-order valence-corrected chi connectivity index (χ3v) is 2.26. The normalized spacial score (nSPS) is 15.4. The van der Waals surface area contributed by atoms with Crippen LogP contribution in [0.5, 0.6) is 0 Å². The first-order valence-corrected chi connectivity index (χ1v) is 5.92. The standard InChI is InChI=1S/C6H12N4O4S/c1-15(8,14)3-2-4(5(11)12)9-10-6(7)13/h8H,2-3H2,1H3,(H,11,12)(H3,7,10,13). The fourth-order valence-electron chi connectivity index (χ4n) is 0.625. The number of nitrogens with zero attached hydrogens (tertiary/aromatic N) is 1. The number of urea groups is 1. The number of hydrogen-bond donors (Lipinski definition) is 4. The van der Waals surface area contributed by atoms with E-state index in [0.29, 0.717) is 0 Å². The van der Waals surface area contributed by atoms with E-state index in [1.54, 1.807) is 5.43 Å². The van der Waals surface area contributed by atoms with Gasteiger partial charge < -0.3 is 10.8 Å². The number of nitrogens with two attached hydrogens (primary N) is 1. The van der Waals surface area contributed by atoms with E-state index in [2.05, 4.69) is 10.8 Å². The molecule has 0 spiro atoms. The van der Waals surface area contributed by atoms with Gasteiger partial charge in [-0.3, -0.25) is 8.99 Å². The second-order valence-electron chi connectivity index (χ2n) is 2.80. The lowest BCUT2D eigenvalue weighted by molar-refractivity contribution is -0.129. The van der Waals surface area contributed by atoms with E-state index in [1.165, 1.54) is 6.26 Å². The molecule has 0 aromatic rings. The number of aliphatic carboxylic acids is 1. The zero-order chi connectivity index (χ0) is 12.1. The smallest absolute Gasteiger partial charge is 0.352 e. The molecule has 86 valence electrons. The molecule has 0 radical (unpaired) electrons. The number of nitrogens with one attached hydrogen (secondary N) is 2. The molecule has 0 rings (SSSR count). The third kappa shape index (κ3) is 7.43. The van der Waals surface area contributed by atoms with Crippen LogP contribution >= 0.6 is 0 Å². The van der Waals surface area contributed by atoms with Crippen LogP contribution in [-0.4, -0.2) is 39.0 Å². The summed E-state index contributed by atoms with van der Waals surface area (Å²) >= 11 is 0. The van der Waals surface area contributed by atoms with Gasteiger partial charge in [-0.05, 0) is 0 Å². The first-order chi connectivity index (χ1) is 6.72. The Morgan fingerprint density at radius 3 is 2.47 bits per heavy atom. The van der Waals surface area contributed by atoms with E-state index in [1.807, 2.05) is 0 Å². The number of carboxylic acid groups (broad SMARTS) is 1. The zero-order valence-electron chi connectivity index (χ0n) is 8.02. The molecule has 5 N–H and O–H groups in total. The maximum Gasteiger partial charge on any atom is 0.352 e. The summed E-state index contributed by atoms with van der Waals surface area (Å²) < 4.78 is 18.0. The van der Waals surface area contributed by atoms with Crippen molar-refractivity contribution in [2.45, 2.75) is 6.42 Å². The zero-order valence-corrected chi connectivity index (χ0v) is 8.84. The van der Waals surface area contributed by atoms with E-state index in [4.69, 9.17) is 9.89 Å². The van der Waals surface area contributed by atoms with Crippen LogP contribution in [0.2, 0.25) is 0 Å². The molecule has 0 aliphatic carbocycles. The summed E-state index contributed by atoms with van der Waals surface area (Å²) in [6.45, 7) is 0. The highest BCUT2D eigenvalue weighted by molar-refractivity contribution is 7.91. The lowest BCUT2D eigenvalue weighted by Crippen LogP contribution is -2.28. The summed E-state index contributed by atoms with van der Waals surface area (Å²) in [4.78, 5) is 20.8. The molecular weight excluding hydrogens is 224 g/mol. The Hall–Kier alpha value is -1.64. The maximum absolute atomic E-state index is 11.0. The molecule has 0 aliphatic rings. The Labute approximate surface area is 86.5 Å². The molecule has 0 bridgehead atoms. The van der Waals surface area contributed by atoms with Crippen LogP contribution in [0, 0.1) is 4.78 Å². The molecule has 1 atom stereocenters. The van der Waals surface area contributed by atoms with Crippen LogP contribution in [0.3, 0.4) is 0 Å². The van der Waals surface area contributed by atoms with E-state index in [9.17, 15) is 13.8 Å². The quantitative estimate of drug-likeness (QED) is 0.364. The first-order valence-electron chi connectivity index (χ1n) is 3.79. The van der Waals surface area contributed by atoms with Crippen LogP contribution < -0.4 is 11.2 Å². The minimum absolute atomic E-state index is 0.140. The van der Waals surface area contributed by atoms with Crippen LogP contribution in [0.1, 0.15) is 6.42 Å². The van der Waals surface area contributed by atoms with Crippen LogP contribution in [0.15, 0.2) is 5.10 Å². The van der Waals surface area contributed by atoms with Crippen molar-refractivity contribution in [3.05, 3.63) is 0 Å². The summed E-state index contributed by atoms with van der Waals surface area (Å²) in [5, 5.41) is 11.8. The van der Waals surface area contributed by atoms with Crippen molar-refractivity contribution in [1.82, 2.24) is 5.43 Å². The van der Waals surface area contributed by atoms with Gasteiger partial charge in [-0.15, -0.1) is 0 Å². The van der Waals surface area contributed by atoms with E-state index in [-0.39, 0.29) is 12.2 Å². The predicted octanol–water partition coefficient (Wildman–Crippen LogP) is -0.838. The first kappa shape index (κ1) is 13.4. The molecule has 0 aliphatic heterocycles. The second-order valence-corrected chi connectivity index (χ2v) is 5.22. The lowest BCUT2D eigenvalue weighted by Gasteiger charge is -2.01. The van der Waals surface area contributed by atoms with Crippen LogP contribution in [0.4, 0.5) is 4.79 Å². The van der Waals surface area contributed by atoms with Crippen molar-refractivity contribution < 1.29 is 18.9 Å². The number of carbonyl (C=O) groups is 2. The molecule has 8 nitrogen and oxygen atoms in total. The molecule has 0 aromatic heterocycles. The van der Waals surface area contributed by atoms with Crippen molar-refractivity contribution in [3.63, 3.8) is 0 Å². The molecule has 0 heterocycles. The minimum atomic E-state index is -2.78. The summed E-state index contributed by atoms with van der Waals surface area (Å²) in [6, 6.07) is -0.989. The largest absolute Gasteiger partial charge is 0.477 e. The number of rotatable bonds is 5. The summed E-state index contributed by atoms with van der Waals surface area (Å²) in [5.41, 5.74) is 6.04. The molecule has 0 fully saturated rings. The van der Waals surface area contributed by atoms with Crippen molar-refractivity contribution in [1.29, 1.82) is 4.78 Å². The van der Waals surface area contributed by atoms with Gasteiger partial charge in [0.25, 0.3) is 0 Å².